The molecule has 2 aromatic carbocycles. The minimum absolute atomic E-state index is 0.151. The minimum atomic E-state index is -0.151. The molecule has 0 bridgehead atoms. The molecule has 0 N–H and O–H groups in total. The molecule has 1 aliphatic carbocycles. The Morgan fingerprint density at radius 1 is 1.08 bits per heavy atom. The summed E-state index contributed by atoms with van der Waals surface area (Å²) in [5, 5.41) is 2.51. The maximum atomic E-state index is 4.63. The third-order valence-electron chi connectivity index (χ3n) is 5.06. The molecule has 0 radical (unpaired) electrons. The number of hydrogen-bond acceptors (Lipinski definition) is 2. The van der Waals surface area contributed by atoms with Crippen LogP contribution in [0.1, 0.15) is 36.4 Å². The number of nitrogens with zero attached hydrogens (tertiary/aromatic N) is 2. The van der Waals surface area contributed by atoms with Crippen LogP contribution >= 0.6 is 0 Å². The van der Waals surface area contributed by atoms with E-state index in [-0.39, 0.29) is 5.41 Å². The van der Waals surface area contributed by atoms with Crippen molar-refractivity contribution in [2.75, 3.05) is 0 Å². The summed E-state index contributed by atoms with van der Waals surface area (Å²) in [6, 6.07) is 11.1. The lowest BCUT2D eigenvalue weighted by Crippen LogP contribution is -2.17. The number of rotatable bonds is 2. The van der Waals surface area contributed by atoms with Gasteiger partial charge in [-0.2, -0.15) is 0 Å². The van der Waals surface area contributed by atoms with E-state index < -0.39 is 0 Å². The molecule has 0 saturated heterocycles. The fourth-order valence-corrected chi connectivity index (χ4v) is 3.72. The number of aromatic nitrogens is 2. The van der Waals surface area contributed by atoms with E-state index in [1.807, 2.05) is 0 Å². The average molecular weight is 312 g/mol. The molecule has 0 fully saturated rings. The van der Waals surface area contributed by atoms with Gasteiger partial charge in [0.1, 0.15) is 6.33 Å². The smallest absolute Gasteiger partial charge is 0.116 e. The van der Waals surface area contributed by atoms with E-state index in [1.54, 1.807) is 12.4 Å². The van der Waals surface area contributed by atoms with Crippen LogP contribution in [0.15, 0.2) is 55.9 Å². The van der Waals surface area contributed by atoms with Gasteiger partial charge in [0.05, 0.1) is 11.4 Å². The second-order valence-electron chi connectivity index (χ2n) is 7.05. The largest absolute Gasteiger partial charge is 0.240 e. The van der Waals surface area contributed by atoms with E-state index in [2.05, 4.69) is 74.2 Å². The van der Waals surface area contributed by atoms with Crippen molar-refractivity contribution < 1.29 is 0 Å². The van der Waals surface area contributed by atoms with Crippen molar-refractivity contribution in [3.63, 3.8) is 0 Å². The van der Waals surface area contributed by atoms with E-state index in [0.717, 1.165) is 22.5 Å². The SMILES string of the molecule is C=CC(=C)c1ncnc2c1-c1cc3ccc(C)cc3cc1C2(C)C. The summed E-state index contributed by atoms with van der Waals surface area (Å²) in [6.45, 7) is 14.5. The standard InChI is InChI=1S/C22H20N2/c1-6-14(3)20-19-17-10-15-8-7-13(2)9-16(15)11-18(17)22(4,5)21(19)24-12-23-20/h6-12H,1,3H2,2,4-5H3. The van der Waals surface area contributed by atoms with Gasteiger partial charge in [-0.15, -0.1) is 0 Å². The fraction of sp³-hybridized carbons (Fsp3) is 0.182. The van der Waals surface area contributed by atoms with E-state index in [4.69, 9.17) is 0 Å². The Morgan fingerprint density at radius 2 is 1.88 bits per heavy atom. The normalized spacial score (nSPS) is 14.3. The van der Waals surface area contributed by atoms with Crippen LogP contribution in [0.2, 0.25) is 0 Å². The van der Waals surface area contributed by atoms with Crippen LogP contribution in [0, 0.1) is 6.92 Å². The van der Waals surface area contributed by atoms with Gasteiger partial charge in [0.25, 0.3) is 0 Å². The van der Waals surface area contributed by atoms with Gasteiger partial charge in [-0.05, 0) is 46.5 Å². The van der Waals surface area contributed by atoms with Gasteiger partial charge in [-0.1, -0.05) is 56.8 Å². The highest BCUT2D eigenvalue weighted by molar-refractivity contribution is 5.96. The maximum Gasteiger partial charge on any atom is 0.116 e. The zero-order valence-corrected chi connectivity index (χ0v) is 14.4. The first kappa shape index (κ1) is 14.8. The summed E-state index contributed by atoms with van der Waals surface area (Å²) in [5.74, 6) is 0. The summed E-state index contributed by atoms with van der Waals surface area (Å²) in [6.07, 6.45) is 3.40. The van der Waals surface area contributed by atoms with E-state index in [0.29, 0.717) is 0 Å². The van der Waals surface area contributed by atoms with Crippen LogP contribution in [-0.2, 0) is 5.41 Å². The Hall–Kier alpha value is -2.74. The predicted molar refractivity (Wildman–Crippen MR) is 101 cm³/mol. The molecule has 0 amide bonds. The molecule has 0 unspecified atom stereocenters. The molecule has 24 heavy (non-hydrogen) atoms. The third-order valence-corrected chi connectivity index (χ3v) is 5.06. The van der Waals surface area contributed by atoms with Gasteiger partial charge < -0.3 is 0 Å². The number of aryl methyl sites for hydroxylation is 1. The van der Waals surface area contributed by atoms with Crippen LogP contribution < -0.4 is 0 Å². The van der Waals surface area contributed by atoms with Crippen LogP contribution in [0.3, 0.4) is 0 Å². The summed E-state index contributed by atoms with van der Waals surface area (Å²) >= 11 is 0. The van der Waals surface area contributed by atoms with Crippen LogP contribution in [0.4, 0.5) is 0 Å². The van der Waals surface area contributed by atoms with Crippen molar-refractivity contribution >= 4 is 16.3 Å². The molecule has 1 aliphatic rings. The summed E-state index contributed by atoms with van der Waals surface area (Å²) in [5.41, 5.74) is 7.52. The highest BCUT2D eigenvalue weighted by Crippen LogP contribution is 2.50. The molecule has 1 aromatic heterocycles. The van der Waals surface area contributed by atoms with Gasteiger partial charge in [0, 0.05) is 11.0 Å². The van der Waals surface area contributed by atoms with E-state index in [9.17, 15) is 0 Å². The number of hydrogen-bond donors (Lipinski definition) is 0. The van der Waals surface area contributed by atoms with Crippen molar-refractivity contribution in [3.05, 3.63) is 78.4 Å². The Bertz CT molecular complexity index is 1030. The first-order valence-electron chi connectivity index (χ1n) is 8.16. The molecule has 2 heteroatoms. The van der Waals surface area contributed by atoms with Crippen molar-refractivity contribution in [3.8, 4) is 11.1 Å². The van der Waals surface area contributed by atoms with Gasteiger partial charge in [-0.3, -0.25) is 0 Å². The second-order valence-corrected chi connectivity index (χ2v) is 7.05. The Labute approximate surface area is 142 Å². The minimum Gasteiger partial charge on any atom is -0.240 e. The first-order chi connectivity index (χ1) is 11.4. The molecule has 4 rings (SSSR count). The van der Waals surface area contributed by atoms with E-state index in [1.165, 1.54) is 27.5 Å². The molecule has 0 aliphatic heterocycles. The molecule has 0 saturated carbocycles. The molecular weight excluding hydrogens is 292 g/mol. The number of fused-ring (bicyclic) bond motifs is 4. The molecule has 118 valence electrons. The molecule has 1 heterocycles. The Kier molecular flexibility index (Phi) is 3.01. The molecule has 0 spiro atoms. The average Bonchev–Trinajstić information content (AvgIpc) is 2.80. The van der Waals surface area contributed by atoms with Crippen LogP contribution in [0.25, 0.3) is 27.5 Å². The molecule has 3 aromatic rings. The highest BCUT2D eigenvalue weighted by atomic mass is 14.9. The quantitative estimate of drug-likeness (QED) is 0.588. The molecular formula is C22H20N2. The van der Waals surface area contributed by atoms with Gasteiger partial charge in [-0.25, -0.2) is 9.97 Å². The number of allylic oxidation sites excluding steroid dienone is 2. The topological polar surface area (TPSA) is 25.8 Å². The lowest BCUT2D eigenvalue weighted by atomic mass is 9.84. The highest BCUT2D eigenvalue weighted by Gasteiger charge is 2.39. The van der Waals surface area contributed by atoms with Crippen molar-refractivity contribution in [2.45, 2.75) is 26.2 Å². The number of benzene rings is 2. The Morgan fingerprint density at radius 3 is 2.62 bits per heavy atom. The maximum absolute atomic E-state index is 4.63. The fourth-order valence-electron chi connectivity index (χ4n) is 3.72. The molecule has 2 nitrogen and oxygen atoms in total. The predicted octanol–water partition coefficient (Wildman–Crippen LogP) is 5.44. The summed E-state index contributed by atoms with van der Waals surface area (Å²) in [4.78, 5) is 9.12. The van der Waals surface area contributed by atoms with Gasteiger partial charge in [0.15, 0.2) is 0 Å². The van der Waals surface area contributed by atoms with E-state index >= 15 is 0 Å². The zero-order valence-electron chi connectivity index (χ0n) is 14.4. The Balaban J connectivity index is 2.12. The van der Waals surface area contributed by atoms with Crippen molar-refractivity contribution in [1.82, 2.24) is 9.97 Å². The van der Waals surface area contributed by atoms with Gasteiger partial charge >= 0.3 is 0 Å². The summed E-state index contributed by atoms with van der Waals surface area (Å²) in [7, 11) is 0. The summed E-state index contributed by atoms with van der Waals surface area (Å²) < 4.78 is 0. The van der Waals surface area contributed by atoms with Crippen LogP contribution in [0.5, 0.6) is 0 Å². The third kappa shape index (κ3) is 1.89. The lowest BCUT2D eigenvalue weighted by Gasteiger charge is -2.20. The monoisotopic (exact) mass is 312 g/mol. The van der Waals surface area contributed by atoms with Crippen molar-refractivity contribution in [2.24, 2.45) is 0 Å². The van der Waals surface area contributed by atoms with Gasteiger partial charge in [0.2, 0.25) is 0 Å². The zero-order chi connectivity index (χ0) is 17.1. The molecule has 0 atom stereocenters. The van der Waals surface area contributed by atoms with Crippen LogP contribution in [-0.4, -0.2) is 9.97 Å². The second kappa shape index (κ2) is 4.88. The first-order valence-corrected chi connectivity index (χ1v) is 8.16. The van der Waals surface area contributed by atoms with Crippen molar-refractivity contribution in [1.29, 1.82) is 0 Å². The lowest BCUT2D eigenvalue weighted by molar-refractivity contribution is 0.635.